The van der Waals surface area contributed by atoms with E-state index in [9.17, 15) is 4.79 Å². The number of carbonyl (C=O) groups is 1. The molecular formula is C21H22N4O2S. The van der Waals surface area contributed by atoms with Crippen LogP contribution in [0.25, 0.3) is 11.4 Å². The highest BCUT2D eigenvalue weighted by molar-refractivity contribution is 7.99. The van der Waals surface area contributed by atoms with Crippen LogP contribution in [0, 0.1) is 0 Å². The number of methoxy groups -OCH3 is 1. The molecule has 0 fully saturated rings. The second kappa shape index (κ2) is 9.75. The van der Waals surface area contributed by atoms with Gasteiger partial charge in [0.05, 0.1) is 12.9 Å². The molecule has 1 aromatic heterocycles. The van der Waals surface area contributed by atoms with Gasteiger partial charge in [-0.2, -0.15) is 0 Å². The van der Waals surface area contributed by atoms with Gasteiger partial charge in [-0.1, -0.05) is 48.2 Å². The van der Waals surface area contributed by atoms with Gasteiger partial charge in [0.1, 0.15) is 5.75 Å². The van der Waals surface area contributed by atoms with Crippen LogP contribution in [0.1, 0.15) is 5.56 Å². The molecule has 3 aromatic rings. The van der Waals surface area contributed by atoms with Crippen molar-refractivity contribution in [2.45, 2.75) is 18.2 Å². The highest BCUT2D eigenvalue weighted by Gasteiger charge is 2.15. The molecule has 0 spiro atoms. The van der Waals surface area contributed by atoms with Gasteiger partial charge >= 0.3 is 0 Å². The van der Waals surface area contributed by atoms with Crippen LogP contribution in [0.4, 0.5) is 0 Å². The number of hydrogen-bond acceptors (Lipinski definition) is 5. The van der Waals surface area contributed by atoms with Crippen molar-refractivity contribution < 1.29 is 9.53 Å². The fraction of sp³-hybridized carbons (Fsp3) is 0.190. The van der Waals surface area contributed by atoms with Crippen molar-refractivity contribution in [3.05, 3.63) is 72.8 Å². The Morgan fingerprint density at radius 2 is 1.93 bits per heavy atom. The van der Waals surface area contributed by atoms with Crippen LogP contribution in [0.2, 0.25) is 0 Å². The van der Waals surface area contributed by atoms with Gasteiger partial charge in [0, 0.05) is 18.7 Å². The monoisotopic (exact) mass is 394 g/mol. The maximum Gasteiger partial charge on any atom is 0.230 e. The predicted octanol–water partition coefficient (Wildman–Crippen LogP) is 3.55. The van der Waals surface area contributed by atoms with Crippen LogP contribution in [0.5, 0.6) is 5.75 Å². The fourth-order valence-corrected chi connectivity index (χ4v) is 3.40. The third-order valence-electron chi connectivity index (χ3n) is 4.04. The van der Waals surface area contributed by atoms with Crippen LogP contribution < -0.4 is 10.1 Å². The molecule has 0 aliphatic heterocycles. The summed E-state index contributed by atoms with van der Waals surface area (Å²) in [4.78, 5) is 12.2. The van der Waals surface area contributed by atoms with E-state index in [1.165, 1.54) is 11.8 Å². The highest BCUT2D eigenvalue weighted by Crippen LogP contribution is 2.25. The van der Waals surface area contributed by atoms with E-state index in [1.807, 2.05) is 59.2 Å². The van der Waals surface area contributed by atoms with Crippen molar-refractivity contribution in [2.24, 2.45) is 0 Å². The van der Waals surface area contributed by atoms with Crippen LogP contribution in [0.15, 0.2) is 72.4 Å². The first-order valence-electron chi connectivity index (χ1n) is 8.83. The summed E-state index contributed by atoms with van der Waals surface area (Å²) in [6.07, 6.45) is 1.79. The van der Waals surface area contributed by atoms with E-state index < -0.39 is 0 Å². The van der Waals surface area contributed by atoms with Crippen molar-refractivity contribution in [1.82, 2.24) is 20.1 Å². The molecule has 7 heteroatoms. The Hall–Kier alpha value is -3.06. The zero-order valence-corrected chi connectivity index (χ0v) is 16.5. The SMILES string of the molecule is C=CCn1c(SCC(=O)NCc2ccccc2)nnc1-c1ccc(OC)cc1. The zero-order chi connectivity index (χ0) is 19.8. The molecule has 0 atom stereocenters. The Kier molecular flexibility index (Phi) is 6.86. The van der Waals surface area contributed by atoms with Gasteiger partial charge in [0.2, 0.25) is 5.91 Å². The molecule has 0 unspecified atom stereocenters. The quantitative estimate of drug-likeness (QED) is 0.444. The highest BCUT2D eigenvalue weighted by atomic mass is 32.2. The van der Waals surface area contributed by atoms with Crippen molar-refractivity contribution in [2.75, 3.05) is 12.9 Å². The summed E-state index contributed by atoms with van der Waals surface area (Å²) in [7, 11) is 1.63. The molecule has 0 radical (unpaired) electrons. The zero-order valence-electron chi connectivity index (χ0n) is 15.7. The van der Waals surface area contributed by atoms with Gasteiger partial charge in [0.25, 0.3) is 0 Å². The largest absolute Gasteiger partial charge is 0.497 e. The molecule has 28 heavy (non-hydrogen) atoms. The standard InChI is InChI=1S/C21H22N4O2S/c1-3-13-25-20(17-9-11-18(27-2)12-10-17)23-24-21(25)28-15-19(26)22-14-16-7-5-4-6-8-16/h3-12H,1,13-15H2,2H3,(H,22,26). The van der Waals surface area contributed by atoms with Crippen molar-refractivity contribution in [3.8, 4) is 17.1 Å². The lowest BCUT2D eigenvalue weighted by molar-refractivity contribution is -0.118. The molecule has 1 amide bonds. The summed E-state index contributed by atoms with van der Waals surface area (Å²) in [5, 5.41) is 12.2. The van der Waals surface area contributed by atoms with Crippen molar-refractivity contribution in [3.63, 3.8) is 0 Å². The minimum Gasteiger partial charge on any atom is -0.497 e. The Bertz CT molecular complexity index is 923. The average molecular weight is 395 g/mol. The second-order valence-electron chi connectivity index (χ2n) is 5.98. The smallest absolute Gasteiger partial charge is 0.230 e. The Morgan fingerprint density at radius 1 is 1.18 bits per heavy atom. The molecule has 0 bridgehead atoms. The Morgan fingerprint density at radius 3 is 2.61 bits per heavy atom. The molecular weight excluding hydrogens is 372 g/mol. The maximum absolute atomic E-state index is 12.2. The molecule has 144 valence electrons. The fourth-order valence-electron chi connectivity index (χ4n) is 2.62. The molecule has 0 saturated carbocycles. The van der Waals surface area contributed by atoms with Crippen molar-refractivity contribution in [1.29, 1.82) is 0 Å². The van der Waals surface area contributed by atoms with E-state index in [-0.39, 0.29) is 11.7 Å². The summed E-state index contributed by atoms with van der Waals surface area (Å²) < 4.78 is 7.15. The predicted molar refractivity (Wildman–Crippen MR) is 111 cm³/mol. The van der Waals surface area contributed by atoms with Crippen LogP contribution in [-0.2, 0) is 17.9 Å². The lowest BCUT2D eigenvalue weighted by Crippen LogP contribution is -2.24. The summed E-state index contributed by atoms with van der Waals surface area (Å²) in [6, 6.07) is 17.5. The topological polar surface area (TPSA) is 69.0 Å². The molecule has 6 nitrogen and oxygen atoms in total. The Labute approximate surface area is 168 Å². The molecule has 0 aliphatic rings. The normalized spacial score (nSPS) is 10.5. The Balaban J connectivity index is 1.65. The van der Waals surface area contributed by atoms with Crippen molar-refractivity contribution >= 4 is 17.7 Å². The number of nitrogens with one attached hydrogen (secondary N) is 1. The number of benzene rings is 2. The molecule has 1 heterocycles. The molecule has 0 aliphatic carbocycles. The van der Waals surface area contributed by atoms with E-state index in [4.69, 9.17) is 4.74 Å². The number of amides is 1. The summed E-state index contributed by atoms with van der Waals surface area (Å²) in [5.74, 6) is 1.73. The van der Waals surface area contributed by atoms with Gasteiger partial charge in [-0.3, -0.25) is 9.36 Å². The number of ether oxygens (including phenoxy) is 1. The van der Waals surface area contributed by atoms with Crippen LogP contribution in [0.3, 0.4) is 0 Å². The number of thioether (sulfide) groups is 1. The second-order valence-corrected chi connectivity index (χ2v) is 6.93. The van der Waals surface area contributed by atoms with E-state index in [2.05, 4.69) is 22.1 Å². The summed E-state index contributed by atoms with van der Waals surface area (Å²) in [6.45, 7) is 4.88. The number of allylic oxidation sites excluding steroid dienone is 1. The minimum absolute atomic E-state index is 0.0481. The van der Waals surface area contributed by atoms with E-state index in [1.54, 1.807) is 13.2 Å². The number of nitrogens with zero attached hydrogens (tertiary/aromatic N) is 3. The van der Waals surface area contributed by atoms with E-state index >= 15 is 0 Å². The lowest BCUT2D eigenvalue weighted by atomic mass is 10.2. The number of aromatic nitrogens is 3. The van der Waals surface area contributed by atoms with Crippen LogP contribution in [-0.4, -0.2) is 33.5 Å². The number of hydrogen-bond donors (Lipinski definition) is 1. The van der Waals surface area contributed by atoms with E-state index in [0.29, 0.717) is 18.2 Å². The molecule has 2 aromatic carbocycles. The summed E-state index contributed by atoms with van der Waals surface area (Å²) >= 11 is 1.36. The first-order valence-corrected chi connectivity index (χ1v) is 9.81. The first-order chi connectivity index (χ1) is 13.7. The molecule has 3 rings (SSSR count). The third-order valence-corrected chi connectivity index (χ3v) is 5.01. The third kappa shape index (κ3) is 5.01. The van der Waals surface area contributed by atoms with Gasteiger partial charge in [-0.05, 0) is 29.8 Å². The minimum atomic E-state index is -0.0481. The van der Waals surface area contributed by atoms with Crippen LogP contribution >= 0.6 is 11.8 Å². The maximum atomic E-state index is 12.2. The van der Waals surface area contributed by atoms with Gasteiger partial charge in [-0.25, -0.2) is 0 Å². The summed E-state index contributed by atoms with van der Waals surface area (Å²) in [5.41, 5.74) is 1.99. The van der Waals surface area contributed by atoms with Gasteiger partial charge in [-0.15, -0.1) is 16.8 Å². The lowest BCUT2D eigenvalue weighted by Gasteiger charge is -2.09. The average Bonchev–Trinajstić information content (AvgIpc) is 3.14. The number of carbonyl (C=O) groups excluding carboxylic acids is 1. The molecule has 1 N–H and O–H groups in total. The first kappa shape index (κ1) is 19.7. The number of rotatable bonds is 9. The van der Waals surface area contributed by atoms with E-state index in [0.717, 1.165) is 22.7 Å². The molecule has 0 saturated heterocycles. The van der Waals surface area contributed by atoms with Gasteiger partial charge < -0.3 is 10.1 Å². The van der Waals surface area contributed by atoms with Gasteiger partial charge in [0.15, 0.2) is 11.0 Å².